The Morgan fingerprint density at radius 2 is 2.29 bits per heavy atom. The van der Waals surface area contributed by atoms with Crippen LogP contribution in [0.4, 0.5) is 0 Å². The van der Waals surface area contributed by atoms with Gasteiger partial charge in [0, 0.05) is 0 Å². The maximum Gasteiger partial charge on any atom is 0.519 e. The summed E-state index contributed by atoms with van der Waals surface area (Å²) in [6.45, 7) is 4.85. The van der Waals surface area contributed by atoms with Gasteiger partial charge in [-0.3, -0.25) is 4.79 Å². The van der Waals surface area contributed by atoms with Gasteiger partial charge in [0.2, 0.25) is 0 Å². The van der Waals surface area contributed by atoms with Crippen molar-refractivity contribution in [3.63, 3.8) is 0 Å². The number of hydrogen-bond acceptors (Lipinski definition) is 5. The summed E-state index contributed by atoms with van der Waals surface area (Å²) < 4.78 is 14.0. The van der Waals surface area contributed by atoms with E-state index in [-0.39, 0.29) is 18.8 Å². The molecule has 0 aliphatic heterocycles. The predicted molar refractivity (Wildman–Crippen MR) is 46.6 cm³/mol. The molecular formula is C9H10O5. The minimum atomic E-state index is -0.794. The Morgan fingerprint density at radius 3 is 2.79 bits per heavy atom. The van der Waals surface area contributed by atoms with Crippen molar-refractivity contribution < 1.29 is 18.4 Å². The molecule has 0 unspecified atom stereocenters. The lowest BCUT2D eigenvalue weighted by Gasteiger charge is -1.99. The average molecular weight is 198 g/mol. The summed E-state index contributed by atoms with van der Waals surface area (Å²) in [5.74, 6) is -0.672. The molecule has 14 heavy (non-hydrogen) atoms. The van der Waals surface area contributed by atoms with E-state index in [0.29, 0.717) is 5.76 Å². The predicted octanol–water partition coefficient (Wildman–Crippen LogP) is 1.16. The first-order chi connectivity index (χ1) is 6.63. The molecule has 5 heteroatoms. The van der Waals surface area contributed by atoms with Gasteiger partial charge in [0.1, 0.15) is 0 Å². The highest BCUT2D eigenvalue weighted by Gasteiger charge is 2.10. The summed E-state index contributed by atoms with van der Waals surface area (Å²) >= 11 is 0. The minimum Gasteiger partial charge on any atom is -0.457 e. The van der Waals surface area contributed by atoms with Crippen molar-refractivity contribution in [3.8, 4) is 0 Å². The van der Waals surface area contributed by atoms with Gasteiger partial charge in [-0.15, -0.1) is 6.58 Å². The van der Waals surface area contributed by atoms with Crippen LogP contribution in [0.2, 0.25) is 0 Å². The standard InChI is InChI=1S/C9H10O5/c1-3-4-8(10)12-5-7-6(2)13-9(11)14-7/h3H,1,4-5H2,2H3. The first-order valence-electron chi connectivity index (χ1n) is 3.99. The molecule has 76 valence electrons. The highest BCUT2D eigenvalue weighted by atomic mass is 16.6. The lowest BCUT2D eigenvalue weighted by Crippen LogP contribution is -2.03. The molecule has 1 rings (SSSR count). The molecule has 1 aromatic rings. The van der Waals surface area contributed by atoms with Crippen LogP contribution in [-0.2, 0) is 16.1 Å². The Kier molecular flexibility index (Phi) is 3.28. The molecule has 0 aliphatic rings. The third-order valence-electron chi connectivity index (χ3n) is 1.51. The molecule has 0 saturated heterocycles. The van der Waals surface area contributed by atoms with Crippen LogP contribution in [0.3, 0.4) is 0 Å². The SMILES string of the molecule is C=CCC(=O)OCc1oc(=O)oc1C. The second kappa shape index (κ2) is 4.45. The summed E-state index contributed by atoms with van der Waals surface area (Å²) in [5.41, 5.74) is 0. The van der Waals surface area contributed by atoms with Gasteiger partial charge in [-0.25, -0.2) is 4.79 Å². The molecular weight excluding hydrogens is 188 g/mol. The summed E-state index contributed by atoms with van der Waals surface area (Å²) in [5, 5.41) is 0. The van der Waals surface area contributed by atoms with Crippen LogP contribution in [0.5, 0.6) is 0 Å². The maximum absolute atomic E-state index is 10.9. The monoisotopic (exact) mass is 198 g/mol. The number of ether oxygens (including phenoxy) is 1. The molecule has 0 spiro atoms. The Hall–Kier alpha value is -1.78. The van der Waals surface area contributed by atoms with Gasteiger partial charge in [0.15, 0.2) is 18.1 Å². The molecule has 1 heterocycles. The zero-order valence-electron chi connectivity index (χ0n) is 7.74. The molecule has 0 aliphatic carbocycles. The molecule has 0 radical (unpaired) electrons. The zero-order valence-corrected chi connectivity index (χ0v) is 7.74. The quantitative estimate of drug-likeness (QED) is 0.536. The van der Waals surface area contributed by atoms with Gasteiger partial charge in [-0.2, -0.15) is 0 Å². The van der Waals surface area contributed by atoms with E-state index in [1.807, 2.05) is 0 Å². The van der Waals surface area contributed by atoms with E-state index < -0.39 is 11.8 Å². The first kappa shape index (κ1) is 10.3. The number of carbonyl (C=O) groups excluding carboxylic acids is 1. The molecule has 0 N–H and O–H groups in total. The highest BCUT2D eigenvalue weighted by molar-refractivity contribution is 5.70. The summed E-state index contributed by atoms with van der Waals surface area (Å²) in [4.78, 5) is 21.5. The first-order valence-corrected chi connectivity index (χ1v) is 3.99. The van der Waals surface area contributed by atoms with Crippen LogP contribution >= 0.6 is 0 Å². The van der Waals surface area contributed by atoms with Crippen molar-refractivity contribution in [1.29, 1.82) is 0 Å². The van der Waals surface area contributed by atoms with Gasteiger partial charge in [-0.1, -0.05) is 6.08 Å². The van der Waals surface area contributed by atoms with Gasteiger partial charge >= 0.3 is 11.8 Å². The fourth-order valence-corrected chi connectivity index (χ4v) is 0.829. The van der Waals surface area contributed by atoms with Crippen LogP contribution in [-0.4, -0.2) is 5.97 Å². The number of aryl methyl sites for hydroxylation is 1. The lowest BCUT2D eigenvalue weighted by atomic mass is 10.4. The van der Waals surface area contributed by atoms with Crippen molar-refractivity contribution in [1.82, 2.24) is 0 Å². The number of esters is 1. The Morgan fingerprint density at radius 1 is 1.57 bits per heavy atom. The largest absolute Gasteiger partial charge is 0.519 e. The lowest BCUT2D eigenvalue weighted by molar-refractivity contribution is -0.144. The molecule has 0 bridgehead atoms. The summed E-state index contributed by atoms with van der Waals surface area (Å²) in [7, 11) is 0. The van der Waals surface area contributed by atoms with Crippen LogP contribution in [0.25, 0.3) is 0 Å². The van der Waals surface area contributed by atoms with Crippen molar-refractivity contribution >= 4 is 5.97 Å². The summed E-state index contributed by atoms with van der Waals surface area (Å²) in [6, 6.07) is 0. The molecule has 0 atom stereocenters. The highest BCUT2D eigenvalue weighted by Crippen LogP contribution is 2.06. The smallest absolute Gasteiger partial charge is 0.457 e. The van der Waals surface area contributed by atoms with E-state index in [1.54, 1.807) is 6.92 Å². The van der Waals surface area contributed by atoms with Crippen molar-refractivity contribution in [2.75, 3.05) is 0 Å². The van der Waals surface area contributed by atoms with Gasteiger partial charge < -0.3 is 13.6 Å². The second-order valence-corrected chi connectivity index (χ2v) is 2.59. The molecule has 0 amide bonds. The third kappa shape index (κ3) is 2.62. The molecule has 0 aromatic carbocycles. The maximum atomic E-state index is 10.9. The van der Waals surface area contributed by atoms with Crippen molar-refractivity contribution in [2.45, 2.75) is 20.0 Å². The number of rotatable bonds is 4. The Labute approximate surface area is 80.0 Å². The average Bonchev–Trinajstić information content (AvgIpc) is 2.42. The molecule has 0 saturated carbocycles. The Bertz CT molecular complexity index is 384. The topological polar surface area (TPSA) is 69.7 Å². The van der Waals surface area contributed by atoms with Crippen molar-refractivity contribution in [2.24, 2.45) is 0 Å². The molecule has 1 aromatic heterocycles. The fraction of sp³-hybridized carbons (Fsp3) is 0.333. The summed E-state index contributed by atoms with van der Waals surface area (Å²) in [6.07, 6.45) is 1.56. The van der Waals surface area contributed by atoms with Gasteiger partial charge in [0.25, 0.3) is 0 Å². The number of hydrogen-bond donors (Lipinski definition) is 0. The third-order valence-corrected chi connectivity index (χ3v) is 1.51. The van der Waals surface area contributed by atoms with Crippen molar-refractivity contribution in [3.05, 3.63) is 34.8 Å². The minimum absolute atomic E-state index is 0.0930. The van der Waals surface area contributed by atoms with E-state index in [1.165, 1.54) is 6.08 Å². The van der Waals surface area contributed by atoms with E-state index in [9.17, 15) is 9.59 Å². The van der Waals surface area contributed by atoms with Crippen LogP contribution in [0, 0.1) is 6.92 Å². The van der Waals surface area contributed by atoms with Crippen LogP contribution < -0.4 is 5.82 Å². The van der Waals surface area contributed by atoms with Crippen LogP contribution in [0.15, 0.2) is 26.3 Å². The zero-order chi connectivity index (χ0) is 10.6. The van der Waals surface area contributed by atoms with E-state index in [2.05, 4.69) is 15.4 Å². The Balaban J connectivity index is 2.53. The van der Waals surface area contributed by atoms with Gasteiger partial charge in [0.05, 0.1) is 6.42 Å². The molecule has 5 nitrogen and oxygen atoms in total. The van der Waals surface area contributed by atoms with E-state index in [4.69, 9.17) is 4.74 Å². The normalized spacial score (nSPS) is 9.79. The van der Waals surface area contributed by atoms with Crippen LogP contribution in [0.1, 0.15) is 17.9 Å². The van der Waals surface area contributed by atoms with Gasteiger partial charge in [-0.05, 0) is 6.92 Å². The number of carbonyl (C=O) groups is 1. The fourth-order valence-electron chi connectivity index (χ4n) is 0.829. The second-order valence-electron chi connectivity index (χ2n) is 2.59. The molecule has 0 fully saturated rings. The van der Waals surface area contributed by atoms with E-state index >= 15 is 0 Å². The van der Waals surface area contributed by atoms with E-state index in [0.717, 1.165) is 0 Å².